The Balaban J connectivity index is 1.90. The van der Waals surface area contributed by atoms with Crippen molar-refractivity contribution in [2.45, 2.75) is 32.6 Å². The number of carboxylic acid groups (broad SMARTS) is 3. The first-order valence-electron chi connectivity index (χ1n) is 13.1. The number of benzene rings is 4. The Hall–Kier alpha value is -4.91. The van der Waals surface area contributed by atoms with Gasteiger partial charge in [-0.25, -0.2) is 14.4 Å². The molecule has 0 atom stereocenters. The predicted molar refractivity (Wildman–Crippen MR) is 153 cm³/mol. The van der Waals surface area contributed by atoms with Crippen LogP contribution in [-0.4, -0.2) is 39.8 Å². The van der Waals surface area contributed by atoms with Gasteiger partial charge >= 0.3 is 17.9 Å². The summed E-state index contributed by atoms with van der Waals surface area (Å²) in [5.74, 6) is -2.46. The Morgan fingerprint density at radius 3 is 1.32 bits per heavy atom. The molecule has 4 rings (SSSR count). The van der Waals surface area contributed by atoms with Gasteiger partial charge in [-0.3, -0.25) is 0 Å². The normalized spacial score (nSPS) is 10.7. The molecule has 0 aliphatic carbocycles. The van der Waals surface area contributed by atoms with E-state index in [1.807, 2.05) is 12.1 Å². The van der Waals surface area contributed by atoms with E-state index in [1.165, 1.54) is 0 Å². The second kappa shape index (κ2) is 12.8. The summed E-state index contributed by atoms with van der Waals surface area (Å²) in [4.78, 5) is 34.3. The number of hydrogen-bond donors (Lipinski definition) is 3. The third-order valence-electron chi connectivity index (χ3n) is 6.68. The predicted octanol–water partition coefficient (Wildman–Crippen LogP) is 7.74. The van der Waals surface area contributed by atoms with E-state index < -0.39 is 17.9 Å². The molecule has 0 aromatic heterocycles. The van der Waals surface area contributed by atoms with Crippen LogP contribution in [0.25, 0.3) is 33.4 Å². The smallest absolute Gasteiger partial charge is 0.335 e. The van der Waals surface area contributed by atoms with Crippen molar-refractivity contribution in [3.63, 3.8) is 0 Å². The van der Waals surface area contributed by atoms with E-state index in [1.54, 1.807) is 72.8 Å². The molecule has 3 N–H and O–H groups in total. The molecule has 0 radical (unpaired) electrons. The molecule has 0 spiro atoms. The van der Waals surface area contributed by atoms with Gasteiger partial charge in [0.25, 0.3) is 0 Å². The Bertz CT molecular complexity index is 1420. The molecule has 0 bridgehead atoms. The maximum Gasteiger partial charge on any atom is 0.335 e. The van der Waals surface area contributed by atoms with Crippen molar-refractivity contribution < 1.29 is 34.4 Å². The van der Waals surface area contributed by atoms with Gasteiger partial charge in [-0.05, 0) is 77.2 Å². The van der Waals surface area contributed by atoms with Crippen LogP contribution in [0.5, 0.6) is 5.75 Å². The Kier molecular flexibility index (Phi) is 8.96. The van der Waals surface area contributed by atoms with Crippen LogP contribution >= 0.6 is 0 Å². The first-order chi connectivity index (χ1) is 19.3. The van der Waals surface area contributed by atoms with Crippen LogP contribution < -0.4 is 4.74 Å². The van der Waals surface area contributed by atoms with Crippen molar-refractivity contribution in [1.29, 1.82) is 0 Å². The van der Waals surface area contributed by atoms with Gasteiger partial charge in [0, 0.05) is 11.1 Å². The Labute approximate surface area is 232 Å². The zero-order valence-corrected chi connectivity index (χ0v) is 22.1. The van der Waals surface area contributed by atoms with E-state index in [4.69, 9.17) is 4.74 Å². The fourth-order valence-corrected chi connectivity index (χ4v) is 4.47. The summed E-state index contributed by atoms with van der Waals surface area (Å²) in [5.41, 5.74) is 5.06. The molecule has 0 heterocycles. The molecule has 40 heavy (non-hydrogen) atoms. The third-order valence-corrected chi connectivity index (χ3v) is 6.68. The number of rotatable bonds is 12. The minimum absolute atomic E-state index is 0.163. The molecule has 4 aromatic carbocycles. The summed E-state index contributed by atoms with van der Waals surface area (Å²) in [6.07, 6.45) is 4.08. The minimum Gasteiger partial charge on any atom is -0.492 e. The first kappa shape index (κ1) is 28.1. The van der Waals surface area contributed by atoms with E-state index >= 15 is 0 Å². The number of carboxylic acids is 3. The van der Waals surface area contributed by atoms with Crippen molar-refractivity contribution in [2.75, 3.05) is 6.61 Å². The molecule has 0 aliphatic heterocycles. The number of carbonyl (C=O) groups is 3. The second-order valence-electron chi connectivity index (χ2n) is 9.46. The van der Waals surface area contributed by atoms with Crippen LogP contribution in [-0.2, 0) is 0 Å². The average Bonchev–Trinajstić information content (AvgIpc) is 2.97. The molecule has 0 amide bonds. The largest absolute Gasteiger partial charge is 0.492 e. The van der Waals surface area contributed by atoms with Gasteiger partial charge in [0.05, 0.1) is 23.3 Å². The van der Waals surface area contributed by atoms with E-state index in [9.17, 15) is 29.7 Å². The van der Waals surface area contributed by atoms with Crippen molar-refractivity contribution in [1.82, 2.24) is 0 Å². The molecule has 204 valence electrons. The zero-order valence-electron chi connectivity index (χ0n) is 22.1. The second-order valence-corrected chi connectivity index (χ2v) is 9.46. The standard InChI is InChI=1S/C33H30O7/c1-2-3-4-5-18-40-30-28(22-8-14-25(15-9-22)32(36)37)19-27(21-6-12-24(13-7-21)31(34)35)20-29(30)23-10-16-26(17-11-23)33(38)39/h6-17,19-20H,2-5,18H2,1H3,(H,34,35)(H,36,37)(H,38,39). The molecular weight excluding hydrogens is 508 g/mol. The number of aromatic carboxylic acids is 3. The highest BCUT2D eigenvalue weighted by Gasteiger charge is 2.18. The summed E-state index contributed by atoms with van der Waals surface area (Å²) in [6, 6.07) is 23.5. The van der Waals surface area contributed by atoms with Gasteiger partial charge in [-0.1, -0.05) is 62.6 Å². The summed E-state index contributed by atoms with van der Waals surface area (Å²) in [5, 5.41) is 28.1. The number of hydrogen-bond acceptors (Lipinski definition) is 4. The highest BCUT2D eigenvalue weighted by molar-refractivity contribution is 5.93. The molecule has 4 aromatic rings. The molecule has 0 aliphatic rings. The minimum atomic E-state index is -1.02. The van der Waals surface area contributed by atoms with Crippen LogP contribution in [0.1, 0.15) is 63.7 Å². The fraction of sp³-hybridized carbons (Fsp3) is 0.182. The van der Waals surface area contributed by atoms with E-state index in [0.29, 0.717) is 12.4 Å². The zero-order chi connectivity index (χ0) is 28.6. The molecule has 0 saturated heterocycles. The van der Waals surface area contributed by atoms with Gasteiger partial charge in [0.15, 0.2) is 0 Å². The van der Waals surface area contributed by atoms with Crippen molar-refractivity contribution in [3.8, 4) is 39.1 Å². The van der Waals surface area contributed by atoms with Gasteiger partial charge in [0.2, 0.25) is 0 Å². The van der Waals surface area contributed by atoms with Crippen LogP contribution in [0.4, 0.5) is 0 Å². The summed E-state index contributed by atoms with van der Waals surface area (Å²) in [6.45, 7) is 2.62. The molecule has 7 heteroatoms. The highest BCUT2D eigenvalue weighted by Crippen LogP contribution is 2.43. The van der Waals surface area contributed by atoms with Crippen molar-refractivity contribution in [3.05, 3.63) is 102 Å². The van der Waals surface area contributed by atoms with Crippen LogP contribution in [0.3, 0.4) is 0 Å². The summed E-state index contributed by atoms with van der Waals surface area (Å²) < 4.78 is 6.41. The lowest BCUT2D eigenvalue weighted by Gasteiger charge is -2.19. The molecule has 7 nitrogen and oxygen atoms in total. The maximum absolute atomic E-state index is 11.5. The lowest BCUT2D eigenvalue weighted by Crippen LogP contribution is -2.02. The highest BCUT2D eigenvalue weighted by atomic mass is 16.5. The average molecular weight is 539 g/mol. The number of unbranched alkanes of at least 4 members (excludes halogenated alkanes) is 3. The molecular formula is C33H30O7. The van der Waals surface area contributed by atoms with Gasteiger partial charge in [-0.15, -0.1) is 0 Å². The van der Waals surface area contributed by atoms with E-state index in [2.05, 4.69) is 6.92 Å². The number of ether oxygens (including phenoxy) is 1. The van der Waals surface area contributed by atoms with E-state index in [0.717, 1.165) is 59.1 Å². The Morgan fingerprint density at radius 2 is 0.950 bits per heavy atom. The fourth-order valence-electron chi connectivity index (χ4n) is 4.47. The maximum atomic E-state index is 11.5. The monoisotopic (exact) mass is 538 g/mol. The van der Waals surface area contributed by atoms with Gasteiger partial charge in [-0.2, -0.15) is 0 Å². The van der Waals surface area contributed by atoms with Gasteiger partial charge in [0.1, 0.15) is 5.75 Å². The molecule has 0 saturated carbocycles. The summed E-state index contributed by atoms with van der Waals surface area (Å²) >= 11 is 0. The lowest BCUT2D eigenvalue weighted by atomic mass is 9.91. The lowest BCUT2D eigenvalue weighted by molar-refractivity contribution is 0.0686. The molecule has 0 unspecified atom stereocenters. The van der Waals surface area contributed by atoms with Crippen molar-refractivity contribution >= 4 is 17.9 Å². The quantitative estimate of drug-likeness (QED) is 0.158. The first-order valence-corrected chi connectivity index (χ1v) is 13.1. The van der Waals surface area contributed by atoms with Crippen LogP contribution in [0.2, 0.25) is 0 Å². The van der Waals surface area contributed by atoms with Gasteiger partial charge < -0.3 is 20.1 Å². The topological polar surface area (TPSA) is 121 Å². The SMILES string of the molecule is CCCCCCOc1c(-c2ccc(C(=O)O)cc2)cc(-c2ccc(C(=O)O)cc2)cc1-c1ccc(C(=O)O)cc1. The van der Waals surface area contributed by atoms with Crippen molar-refractivity contribution in [2.24, 2.45) is 0 Å². The molecule has 0 fully saturated rings. The third kappa shape index (κ3) is 6.56. The van der Waals surface area contributed by atoms with Crippen LogP contribution in [0, 0.1) is 0 Å². The summed E-state index contributed by atoms with van der Waals surface area (Å²) in [7, 11) is 0. The Morgan fingerprint density at radius 1 is 0.550 bits per heavy atom. The van der Waals surface area contributed by atoms with E-state index in [-0.39, 0.29) is 16.7 Å². The van der Waals surface area contributed by atoms with Crippen LogP contribution in [0.15, 0.2) is 84.9 Å².